The van der Waals surface area contributed by atoms with Crippen LogP contribution in [-0.4, -0.2) is 23.5 Å². The van der Waals surface area contributed by atoms with Crippen LogP contribution in [0.2, 0.25) is 0 Å². The second-order valence-corrected chi connectivity index (χ2v) is 5.88. The minimum absolute atomic E-state index is 0.0706. The fourth-order valence-corrected chi connectivity index (χ4v) is 3.34. The van der Waals surface area contributed by atoms with Gasteiger partial charge in [-0.25, -0.2) is 9.38 Å². The molecule has 2 aliphatic rings. The van der Waals surface area contributed by atoms with E-state index in [4.69, 9.17) is 17.2 Å². The van der Waals surface area contributed by atoms with E-state index in [1.165, 1.54) is 12.1 Å². The molecule has 1 saturated carbocycles. The van der Waals surface area contributed by atoms with E-state index in [2.05, 4.69) is 9.98 Å². The number of rotatable bonds is 2. The first-order valence-corrected chi connectivity index (χ1v) is 7.51. The minimum Gasteiger partial charge on any atom is -0.369 e. The number of hydrogen-bond acceptors (Lipinski definition) is 6. The number of benzene rings is 1. The van der Waals surface area contributed by atoms with E-state index in [1.807, 2.05) is 0 Å². The Balaban J connectivity index is 2.12. The topological polar surface area (TPSA) is 123 Å². The maximum Gasteiger partial charge on any atom is 0.248 e. The molecule has 8 heteroatoms. The summed E-state index contributed by atoms with van der Waals surface area (Å²) in [5.74, 6) is -1.02. The number of hydrogen-bond donors (Lipinski definition) is 3. The molecule has 1 fully saturated rings. The lowest BCUT2D eigenvalue weighted by Gasteiger charge is -2.45. The normalized spacial score (nSPS) is 20.1. The van der Waals surface area contributed by atoms with Crippen molar-refractivity contribution in [2.24, 2.45) is 27.2 Å². The summed E-state index contributed by atoms with van der Waals surface area (Å²) in [5, 5.41) is 0. The number of carbonyl (C=O) groups is 1. The first kappa shape index (κ1) is 15.3. The van der Waals surface area contributed by atoms with Gasteiger partial charge in [-0.3, -0.25) is 9.69 Å². The summed E-state index contributed by atoms with van der Waals surface area (Å²) in [7, 11) is 0. The molecule has 1 aromatic carbocycles. The van der Waals surface area contributed by atoms with Crippen LogP contribution < -0.4 is 22.1 Å². The molecule has 0 atom stereocenters. The Kier molecular flexibility index (Phi) is 3.67. The summed E-state index contributed by atoms with van der Waals surface area (Å²) in [4.78, 5) is 21.6. The summed E-state index contributed by atoms with van der Waals surface area (Å²) < 4.78 is 13.9. The smallest absolute Gasteiger partial charge is 0.248 e. The molecule has 0 saturated heterocycles. The third-order valence-corrected chi connectivity index (χ3v) is 4.28. The molecule has 0 bridgehead atoms. The van der Waals surface area contributed by atoms with E-state index >= 15 is 0 Å². The molecule has 1 amide bonds. The Morgan fingerprint density at radius 2 is 1.87 bits per heavy atom. The van der Waals surface area contributed by atoms with Crippen LogP contribution in [0.4, 0.5) is 10.1 Å². The molecule has 0 radical (unpaired) electrons. The Hall–Kier alpha value is -2.64. The highest BCUT2D eigenvalue weighted by Crippen LogP contribution is 2.39. The van der Waals surface area contributed by atoms with E-state index in [0.29, 0.717) is 5.69 Å². The molecule has 1 aromatic rings. The highest BCUT2D eigenvalue weighted by atomic mass is 19.1. The van der Waals surface area contributed by atoms with Crippen molar-refractivity contribution in [1.29, 1.82) is 0 Å². The van der Waals surface area contributed by atoms with Gasteiger partial charge in [-0.05, 0) is 43.9 Å². The van der Waals surface area contributed by atoms with Gasteiger partial charge in [0, 0.05) is 11.3 Å². The number of primary amides is 1. The monoisotopic (exact) mass is 318 g/mol. The fraction of sp³-hybridized carbons (Fsp3) is 0.400. The van der Waals surface area contributed by atoms with Crippen LogP contribution in [-0.2, 0) is 0 Å². The van der Waals surface area contributed by atoms with Gasteiger partial charge in [-0.1, -0.05) is 6.42 Å². The number of anilines is 1. The highest BCUT2D eigenvalue weighted by molar-refractivity contribution is 6.06. The van der Waals surface area contributed by atoms with Crippen molar-refractivity contribution < 1.29 is 9.18 Å². The zero-order valence-electron chi connectivity index (χ0n) is 12.6. The number of guanidine groups is 2. The van der Waals surface area contributed by atoms with Crippen LogP contribution in [0.3, 0.4) is 0 Å². The lowest BCUT2D eigenvalue weighted by Crippen LogP contribution is -2.58. The quantitative estimate of drug-likeness (QED) is 0.753. The molecular formula is C15H19FN6O. The van der Waals surface area contributed by atoms with Crippen LogP contribution in [0.25, 0.3) is 0 Å². The predicted octanol–water partition coefficient (Wildman–Crippen LogP) is 1.03. The number of nitrogens with two attached hydrogens (primary N) is 3. The Morgan fingerprint density at radius 1 is 1.17 bits per heavy atom. The minimum atomic E-state index is -0.709. The Morgan fingerprint density at radius 3 is 2.52 bits per heavy atom. The van der Waals surface area contributed by atoms with Crippen molar-refractivity contribution in [2.45, 2.75) is 37.8 Å². The van der Waals surface area contributed by atoms with Gasteiger partial charge in [-0.2, -0.15) is 4.99 Å². The summed E-state index contributed by atoms with van der Waals surface area (Å²) in [6.45, 7) is 0. The van der Waals surface area contributed by atoms with Crippen molar-refractivity contribution in [2.75, 3.05) is 4.90 Å². The average molecular weight is 318 g/mol. The Labute approximate surface area is 133 Å². The van der Waals surface area contributed by atoms with Gasteiger partial charge >= 0.3 is 0 Å². The first-order valence-electron chi connectivity index (χ1n) is 7.51. The standard InChI is InChI=1S/C15H19FN6O/c16-10-6-9(12(17)23)7-11(8-10)22-14(19)20-13(18)21-15(22)4-2-1-3-5-15/h6-8H,1-5H2,(H2,17,23)(H4,18,19,20,21). The van der Waals surface area contributed by atoms with E-state index in [0.717, 1.165) is 38.2 Å². The van der Waals surface area contributed by atoms with Gasteiger partial charge in [0.1, 0.15) is 11.5 Å². The summed E-state index contributed by atoms with van der Waals surface area (Å²) >= 11 is 0. The molecule has 0 aromatic heterocycles. The summed E-state index contributed by atoms with van der Waals surface area (Å²) in [5.41, 5.74) is 16.9. The zero-order valence-corrected chi connectivity index (χ0v) is 12.6. The van der Waals surface area contributed by atoms with Crippen LogP contribution >= 0.6 is 0 Å². The first-order chi connectivity index (χ1) is 10.9. The summed E-state index contributed by atoms with van der Waals surface area (Å²) in [6, 6.07) is 3.89. The lowest BCUT2D eigenvalue weighted by atomic mass is 9.87. The van der Waals surface area contributed by atoms with Crippen LogP contribution in [0, 0.1) is 5.82 Å². The molecule has 1 heterocycles. The molecule has 122 valence electrons. The number of carbonyl (C=O) groups excluding carboxylic acids is 1. The van der Waals surface area contributed by atoms with Crippen LogP contribution in [0.1, 0.15) is 42.5 Å². The molecular weight excluding hydrogens is 299 g/mol. The van der Waals surface area contributed by atoms with Crippen molar-refractivity contribution in [3.8, 4) is 0 Å². The van der Waals surface area contributed by atoms with Gasteiger partial charge < -0.3 is 17.2 Å². The van der Waals surface area contributed by atoms with Gasteiger partial charge in [0.15, 0.2) is 0 Å². The zero-order chi connectivity index (χ0) is 16.6. The second-order valence-electron chi connectivity index (χ2n) is 5.88. The van der Waals surface area contributed by atoms with Crippen molar-refractivity contribution in [3.05, 3.63) is 29.6 Å². The summed E-state index contributed by atoms with van der Waals surface area (Å²) in [6.07, 6.45) is 4.47. The van der Waals surface area contributed by atoms with Crippen LogP contribution in [0.15, 0.2) is 28.2 Å². The van der Waals surface area contributed by atoms with E-state index in [9.17, 15) is 9.18 Å². The van der Waals surface area contributed by atoms with Crippen molar-refractivity contribution >= 4 is 23.5 Å². The third-order valence-electron chi connectivity index (χ3n) is 4.28. The van der Waals surface area contributed by atoms with Crippen LogP contribution in [0.5, 0.6) is 0 Å². The average Bonchev–Trinajstić information content (AvgIpc) is 2.46. The molecule has 3 rings (SSSR count). The third kappa shape index (κ3) is 2.71. The van der Waals surface area contributed by atoms with E-state index in [-0.39, 0.29) is 17.5 Å². The maximum absolute atomic E-state index is 13.9. The van der Waals surface area contributed by atoms with Crippen molar-refractivity contribution in [1.82, 2.24) is 0 Å². The van der Waals surface area contributed by atoms with Gasteiger partial charge in [0.25, 0.3) is 0 Å². The lowest BCUT2D eigenvalue weighted by molar-refractivity contribution is 0.1000. The molecule has 6 N–H and O–H groups in total. The van der Waals surface area contributed by atoms with E-state index < -0.39 is 17.4 Å². The SMILES string of the molecule is NC(=O)c1cc(F)cc(N2C(N)=NC(N)=NC23CCCCC3)c1. The van der Waals surface area contributed by atoms with Crippen molar-refractivity contribution in [3.63, 3.8) is 0 Å². The largest absolute Gasteiger partial charge is 0.369 e. The molecule has 1 aliphatic heterocycles. The molecule has 1 spiro atoms. The number of nitrogens with zero attached hydrogens (tertiary/aromatic N) is 3. The number of amides is 1. The van der Waals surface area contributed by atoms with Gasteiger partial charge in [-0.15, -0.1) is 0 Å². The molecule has 1 aliphatic carbocycles. The Bertz CT molecular complexity index is 708. The second kappa shape index (κ2) is 5.53. The maximum atomic E-state index is 13.9. The molecule has 23 heavy (non-hydrogen) atoms. The number of aliphatic imine (C=N–C) groups is 2. The predicted molar refractivity (Wildman–Crippen MR) is 86.5 cm³/mol. The fourth-order valence-electron chi connectivity index (χ4n) is 3.34. The molecule has 7 nitrogen and oxygen atoms in total. The van der Waals surface area contributed by atoms with Gasteiger partial charge in [0.2, 0.25) is 17.8 Å². The highest BCUT2D eigenvalue weighted by Gasteiger charge is 2.42. The van der Waals surface area contributed by atoms with Gasteiger partial charge in [0.05, 0.1) is 0 Å². The molecule has 0 unspecified atom stereocenters. The number of halogens is 1. The van der Waals surface area contributed by atoms with E-state index in [1.54, 1.807) is 4.90 Å².